The van der Waals surface area contributed by atoms with Crippen molar-refractivity contribution in [2.45, 2.75) is 31.1 Å². The van der Waals surface area contributed by atoms with E-state index in [9.17, 15) is 18.0 Å². The molecule has 1 fully saturated rings. The van der Waals surface area contributed by atoms with Crippen molar-refractivity contribution in [2.75, 3.05) is 31.6 Å². The van der Waals surface area contributed by atoms with Gasteiger partial charge in [-0.05, 0) is 68.3 Å². The standard InChI is InChI=1S/C22H26N2O6S/c1-2-29-22(26)17-6-10-19(11-7-17)30-16-21(25)23-18-8-12-20(13-9-18)31(27,28)24-14-4-3-5-15-24/h6-13H,2-5,14-16H2,1H3,(H,23,25). The zero-order valence-electron chi connectivity index (χ0n) is 17.4. The van der Waals surface area contributed by atoms with Crippen LogP contribution in [0.15, 0.2) is 53.4 Å². The molecule has 2 aromatic carbocycles. The fourth-order valence-corrected chi connectivity index (χ4v) is 4.73. The van der Waals surface area contributed by atoms with Crippen molar-refractivity contribution in [1.29, 1.82) is 0 Å². The predicted molar refractivity (Wildman–Crippen MR) is 116 cm³/mol. The van der Waals surface area contributed by atoms with Crippen molar-refractivity contribution in [3.05, 3.63) is 54.1 Å². The van der Waals surface area contributed by atoms with Crippen LogP contribution in [0, 0.1) is 0 Å². The first-order chi connectivity index (χ1) is 14.9. The fourth-order valence-electron chi connectivity index (χ4n) is 3.21. The van der Waals surface area contributed by atoms with Gasteiger partial charge in [0.25, 0.3) is 5.91 Å². The van der Waals surface area contributed by atoms with Gasteiger partial charge in [-0.2, -0.15) is 4.31 Å². The summed E-state index contributed by atoms with van der Waals surface area (Å²) in [5, 5.41) is 2.67. The average Bonchev–Trinajstić information content (AvgIpc) is 2.79. The summed E-state index contributed by atoms with van der Waals surface area (Å²) >= 11 is 0. The van der Waals surface area contributed by atoms with Crippen LogP contribution in [0.1, 0.15) is 36.5 Å². The van der Waals surface area contributed by atoms with Crippen molar-refractivity contribution >= 4 is 27.6 Å². The number of sulfonamides is 1. The monoisotopic (exact) mass is 446 g/mol. The van der Waals surface area contributed by atoms with Crippen molar-refractivity contribution in [1.82, 2.24) is 4.31 Å². The lowest BCUT2D eigenvalue weighted by atomic mass is 10.2. The van der Waals surface area contributed by atoms with E-state index >= 15 is 0 Å². The van der Waals surface area contributed by atoms with Gasteiger partial charge in [0.1, 0.15) is 5.75 Å². The van der Waals surface area contributed by atoms with Gasteiger partial charge in [-0.15, -0.1) is 0 Å². The zero-order chi connectivity index (χ0) is 22.3. The summed E-state index contributed by atoms with van der Waals surface area (Å²) in [7, 11) is -3.50. The maximum Gasteiger partial charge on any atom is 0.338 e. The van der Waals surface area contributed by atoms with Crippen molar-refractivity contribution < 1.29 is 27.5 Å². The maximum absolute atomic E-state index is 12.7. The normalized spacial score (nSPS) is 14.6. The number of anilines is 1. The number of nitrogens with one attached hydrogen (secondary N) is 1. The summed E-state index contributed by atoms with van der Waals surface area (Å²) in [6.07, 6.45) is 2.80. The molecule has 3 rings (SSSR count). The number of esters is 1. The van der Waals surface area contributed by atoms with Gasteiger partial charge >= 0.3 is 5.97 Å². The van der Waals surface area contributed by atoms with E-state index in [-0.39, 0.29) is 17.4 Å². The smallest absolute Gasteiger partial charge is 0.338 e. The molecule has 0 bridgehead atoms. The van der Waals surface area contributed by atoms with Crippen LogP contribution in [0.5, 0.6) is 5.75 Å². The van der Waals surface area contributed by atoms with E-state index in [1.165, 1.54) is 16.4 Å². The molecule has 1 aliphatic heterocycles. The molecule has 1 N–H and O–H groups in total. The summed E-state index contributed by atoms with van der Waals surface area (Å²) in [6.45, 7) is 2.88. The number of amides is 1. The highest BCUT2D eigenvalue weighted by Crippen LogP contribution is 2.22. The molecule has 1 aliphatic rings. The molecule has 166 valence electrons. The van der Waals surface area contributed by atoms with Crippen LogP contribution in [0.4, 0.5) is 5.69 Å². The molecule has 1 heterocycles. The molecule has 0 radical (unpaired) electrons. The number of carbonyl (C=O) groups is 2. The second kappa shape index (κ2) is 10.4. The number of ether oxygens (including phenoxy) is 2. The molecular formula is C22H26N2O6S. The van der Waals surface area contributed by atoms with Crippen LogP contribution >= 0.6 is 0 Å². The molecule has 0 unspecified atom stereocenters. The van der Waals surface area contributed by atoms with Gasteiger partial charge in [0.2, 0.25) is 10.0 Å². The molecule has 0 atom stereocenters. The van der Waals surface area contributed by atoms with Gasteiger partial charge in [0.05, 0.1) is 17.1 Å². The van der Waals surface area contributed by atoms with Gasteiger partial charge in [-0.1, -0.05) is 6.42 Å². The molecule has 0 aromatic heterocycles. The van der Waals surface area contributed by atoms with E-state index in [0.717, 1.165) is 19.3 Å². The van der Waals surface area contributed by atoms with Crippen LogP contribution in [-0.4, -0.2) is 50.9 Å². The van der Waals surface area contributed by atoms with Gasteiger partial charge in [0, 0.05) is 18.8 Å². The molecule has 2 aromatic rings. The number of nitrogens with zero attached hydrogens (tertiary/aromatic N) is 1. The van der Waals surface area contributed by atoms with Crippen molar-refractivity contribution in [3.8, 4) is 5.75 Å². The highest BCUT2D eigenvalue weighted by atomic mass is 32.2. The summed E-state index contributed by atoms with van der Waals surface area (Å²) in [4.78, 5) is 24.0. The summed E-state index contributed by atoms with van der Waals surface area (Å²) in [5.41, 5.74) is 0.877. The molecule has 1 amide bonds. The first-order valence-electron chi connectivity index (χ1n) is 10.2. The SMILES string of the molecule is CCOC(=O)c1ccc(OCC(=O)Nc2ccc(S(=O)(=O)N3CCCCC3)cc2)cc1. The highest BCUT2D eigenvalue weighted by Gasteiger charge is 2.25. The molecule has 8 nitrogen and oxygen atoms in total. The summed E-state index contributed by atoms with van der Waals surface area (Å²) in [6, 6.07) is 12.4. The molecular weight excluding hydrogens is 420 g/mol. The van der Waals surface area contributed by atoms with Crippen LogP contribution in [0.25, 0.3) is 0 Å². The Hall–Kier alpha value is -2.91. The van der Waals surface area contributed by atoms with E-state index in [1.807, 2.05) is 0 Å². The third-order valence-electron chi connectivity index (χ3n) is 4.83. The van der Waals surface area contributed by atoms with Crippen LogP contribution in [-0.2, 0) is 19.6 Å². The van der Waals surface area contributed by atoms with Crippen molar-refractivity contribution in [2.24, 2.45) is 0 Å². The minimum atomic E-state index is -3.50. The Kier molecular flexibility index (Phi) is 7.64. The number of hydrogen-bond acceptors (Lipinski definition) is 6. The first kappa shape index (κ1) is 22.8. The Morgan fingerprint density at radius 3 is 2.23 bits per heavy atom. The topological polar surface area (TPSA) is 102 Å². The van der Waals surface area contributed by atoms with E-state index in [4.69, 9.17) is 9.47 Å². The Morgan fingerprint density at radius 1 is 0.968 bits per heavy atom. The Bertz CT molecular complexity index is 997. The number of rotatable bonds is 8. The lowest BCUT2D eigenvalue weighted by Crippen LogP contribution is -2.35. The lowest BCUT2D eigenvalue weighted by Gasteiger charge is -2.25. The molecule has 0 spiro atoms. The fraction of sp³-hybridized carbons (Fsp3) is 0.364. The average molecular weight is 447 g/mol. The second-order valence-corrected chi connectivity index (χ2v) is 9.01. The highest BCUT2D eigenvalue weighted by molar-refractivity contribution is 7.89. The van der Waals surface area contributed by atoms with Gasteiger partial charge in [-0.25, -0.2) is 13.2 Å². The third kappa shape index (κ3) is 6.05. The molecule has 31 heavy (non-hydrogen) atoms. The van der Waals surface area contributed by atoms with E-state index in [2.05, 4.69) is 5.32 Å². The number of carbonyl (C=O) groups excluding carboxylic acids is 2. The summed E-state index contributed by atoms with van der Waals surface area (Å²) in [5.74, 6) is -0.371. The maximum atomic E-state index is 12.7. The first-order valence-corrected chi connectivity index (χ1v) is 11.6. The minimum Gasteiger partial charge on any atom is -0.484 e. The lowest BCUT2D eigenvalue weighted by molar-refractivity contribution is -0.118. The molecule has 1 saturated heterocycles. The molecule has 0 saturated carbocycles. The van der Waals surface area contributed by atoms with Crippen LogP contribution < -0.4 is 10.1 Å². The number of piperidine rings is 1. The number of hydrogen-bond donors (Lipinski definition) is 1. The largest absolute Gasteiger partial charge is 0.484 e. The zero-order valence-corrected chi connectivity index (χ0v) is 18.2. The molecule has 9 heteroatoms. The third-order valence-corrected chi connectivity index (χ3v) is 6.74. The van der Waals surface area contributed by atoms with Gasteiger partial charge < -0.3 is 14.8 Å². The summed E-state index contributed by atoms with van der Waals surface area (Å²) < 4.78 is 37.2. The Labute approximate surface area is 182 Å². The Balaban J connectivity index is 1.52. The van der Waals surface area contributed by atoms with Gasteiger partial charge in [-0.3, -0.25) is 4.79 Å². The van der Waals surface area contributed by atoms with Crippen molar-refractivity contribution in [3.63, 3.8) is 0 Å². The van der Waals surface area contributed by atoms with E-state index in [0.29, 0.717) is 36.7 Å². The number of benzene rings is 2. The molecule has 0 aliphatic carbocycles. The quantitative estimate of drug-likeness (QED) is 0.626. The van der Waals surface area contributed by atoms with Crippen LogP contribution in [0.3, 0.4) is 0 Å². The minimum absolute atomic E-state index is 0.213. The second-order valence-electron chi connectivity index (χ2n) is 7.07. The predicted octanol–water partition coefficient (Wildman–Crippen LogP) is 3.06. The Morgan fingerprint density at radius 2 is 1.61 bits per heavy atom. The van der Waals surface area contributed by atoms with E-state index < -0.39 is 16.0 Å². The van der Waals surface area contributed by atoms with E-state index in [1.54, 1.807) is 43.3 Å². The van der Waals surface area contributed by atoms with Gasteiger partial charge in [0.15, 0.2) is 6.61 Å². The van der Waals surface area contributed by atoms with Crippen LogP contribution in [0.2, 0.25) is 0 Å².